The van der Waals surface area contributed by atoms with Gasteiger partial charge in [0.05, 0.1) is 6.04 Å². The van der Waals surface area contributed by atoms with E-state index < -0.39 is 0 Å². The summed E-state index contributed by atoms with van der Waals surface area (Å²) in [5, 5.41) is 8.51. The third-order valence-electron chi connectivity index (χ3n) is 3.83. The molecule has 0 saturated heterocycles. The van der Waals surface area contributed by atoms with E-state index in [1.807, 2.05) is 4.68 Å². The smallest absolute Gasteiger partial charge is 0.183 e. The lowest BCUT2D eigenvalue weighted by Gasteiger charge is -2.26. The van der Waals surface area contributed by atoms with Gasteiger partial charge in [0, 0.05) is 5.92 Å². The zero-order chi connectivity index (χ0) is 13.4. The molecule has 0 amide bonds. The Bertz CT molecular complexity index is 618. The van der Waals surface area contributed by atoms with E-state index in [9.17, 15) is 4.79 Å². The molecule has 0 aliphatic heterocycles. The van der Waals surface area contributed by atoms with Crippen molar-refractivity contribution >= 4 is 28.5 Å². The van der Waals surface area contributed by atoms with Crippen LogP contribution in [0.5, 0.6) is 0 Å². The second kappa shape index (κ2) is 4.85. The average molecular weight is 280 g/mol. The van der Waals surface area contributed by atoms with Gasteiger partial charge < -0.3 is 0 Å². The molecule has 0 bridgehead atoms. The Labute approximate surface area is 115 Å². The van der Waals surface area contributed by atoms with Gasteiger partial charge in [-0.25, -0.2) is 14.6 Å². The first-order valence-electron chi connectivity index (χ1n) is 6.38. The van der Waals surface area contributed by atoms with Crippen LogP contribution in [0.4, 0.5) is 0 Å². The maximum absolute atomic E-state index is 11.4. The number of carbonyl (C=O) groups excluding carboxylic acids is 1. The van der Waals surface area contributed by atoms with Crippen LogP contribution >= 0.6 is 11.6 Å². The average Bonchev–Trinajstić information content (AvgIpc) is 2.84. The Morgan fingerprint density at radius 2 is 2.05 bits per heavy atom. The summed E-state index contributed by atoms with van der Waals surface area (Å²) in [5.74, 6) is 0.483. The van der Waals surface area contributed by atoms with E-state index in [0.29, 0.717) is 16.3 Å². The molecule has 0 aromatic carbocycles. The van der Waals surface area contributed by atoms with E-state index in [-0.39, 0.29) is 17.7 Å². The molecule has 1 aliphatic carbocycles. The van der Waals surface area contributed by atoms with Crippen LogP contribution in [-0.4, -0.2) is 30.7 Å². The van der Waals surface area contributed by atoms with Crippen LogP contribution in [0.3, 0.4) is 0 Å². The summed E-state index contributed by atoms with van der Waals surface area (Å²) in [4.78, 5) is 19.5. The number of carbonyl (C=O) groups is 1. The van der Waals surface area contributed by atoms with Gasteiger partial charge >= 0.3 is 0 Å². The first kappa shape index (κ1) is 12.5. The van der Waals surface area contributed by atoms with E-state index >= 15 is 0 Å². The van der Waals surface area contributed by atoms with Crippen molar-refractivity contribution in [1.82, 2.24) is 25.0 Å². The first-order chi connectivity index (χ1) is 9.16. The van der Waals surface area contributed by atoms with Crippen molar-refractivity contribution in [3.63, 3.8) is 0 Å². The van der Waals surface area contributed by atoms with Gasteiger partial charge in [-0.05, 0) is 32.6 Å². The lowest BCUT2D eigenvalue weighted by molar-refractivity contribution is -0.121. The van der Waals surface area contributed by atoms with Crippen LogP contribution in [0, 0.1) is 5.92 Å². The summed E-state index contributed by atoms with van der Waals surface area (Å²) in [6.07, 6.45) is 5.07. The summed E-state index contributed by atoms with van der Waals surface area (Å²) < 4.78 is 1.82. The molecule has 7 heteroatoms. The molecule has 2 heterocycles. The molecule has 2 aromatic heterocycles. The highest BCUT2D eigenvalue weighted by atomic mass is 35.5. The normalized spacial score (nSPS) is 23.7. The van der Waals surface area contributed by atoms with Gasteiger partial charge in [0.2, 0.25) is 0 Å². The number of fused-ring (bicyclic) bond motifs is 1. The number of halogens is 1. The summed E-state index contributed by atoms with van der Waals surface area (Å²) in [5.41, 5.74) is 1.21. The highest BCUT2D eigenvalue weighted by molar-refractivity contribution is 6.33. The Morgan fingerprint density at radius 3 is 2.74 bits per heavy atom. The van der Waals surface area contributed by atoms with Gasteiger partial charge in [-0.1, -0.05) is 16.8 Å². The molecule has 0 spiro atoms. The monoisotopic (exact) mass is 279 g/mol. The van der Waals surface area contributed by atoms with Crippen LogP contribution in [0.15, 0.2) is 6.33 Å². The van der Waals surface area contributed by atoms with Crippen LogP contribution in [0.1, 0.15) is 38.6 Å². The van der Waals surface area contributed by atoms with Gasteiger partial charge in [0.1, 0.15) is 12.1 Å². The summed E-state index contributed by atoms with van der Waals surface area (Å²) >= 11 is 5.96. The lowest BCUT2D eigenvalue weighted by atomic mass is 9.84. The van der Waals surface area contributed by atoms with E-state index in [4.69, 9.17) is 11.6 Å². The highest BCUT2D eigenvalue weighted by Crippen LogP contribution is 2.33. The number of ketones is 1. The zero-order valence-corrected chi connectivity index (χ0v) is 11.3. The van der Waals surface area contributed by atoms with Crippen LogP contribution in [-0.2, 0) is 4.79 Å². The van der Waals surface area contributed by atoms with Crippen molar-refractivity contribution in [1.29, 1.82) is 0 Å². The minimum absolute atomic E-state index is 0.198. The Kier molecular flexibility index (Phi) is 3.18. The van der Waals surface area contributed by atoms with Crippen molar-refractivity contribution in [2.24, 2.45) is 5.92 Å². The number of nitrogens with zero attached hydrogens (tertiary/aromatic N) is 5. The molecule has 1 aliphatic rings. The molecule has 1 saturated carbocycles. The minimum Gasteiger partial charge on any atom is -0.300 e. The molecule has 0 unspecified atom stereocenters. The lowest BCUT2D eigenvalue weighted by Crippen LogP contribution is -2.23. The topological polar surface area (TPSA) is 73.6 Å². The Balaban J connectivity index is 1.86. The molecule has 100 valence electrons. The van der Waals surface area contributed by atoms with Crippen LogP contribution in [0.2, 0.25) is 5.15 Å². The quantitative estimate of drug-likeness (QED) is 0.788. The SMILES string of the molecule is CC(=O)C1CCC(n2nnc3c(Cl)ncnc32)CC1. The minimum atomic E-state index is 0.198. The van der Waals surface area contributed by atoms with Crippen LogP contribution < -0.4 is 0 Å². The fourth-order valence-corrected chi connectivity index (χ4v) is 2.88. The summed E-state index contributed by atoms with van der Waals surface area (Å²) in [7, 11) is 0. The molecule has 2 aromatic rings. The van der Waals surface area contributed by atoms with E-state index in [0.717, 1.165) is 25.7 Å². The third-order valence-corrected chi connectivity index (χ3v) is 4.11. The van der Waals surface area contributed by atoms with Gasteiger partial charge in [-0.3, -0.25) is 4.79 Å². The fraction of sp³-hybridized carbons (Fsp3) is 0.583. The van der Waals surface area contributed by atoms with Crippen molar-refractivity contribution in [3.8, 4) is 0 Å². The molecule has 0 N–H and O–H groups in total. The third kappa shape index (κ3) is 2.20. The second-order valence-electron chi connectivity index (χ2n) is 4.99. The molecule has 0 radical (unpaired) electrons. The van der Waals surface area contributed by atoms with Gasteiger partial charge in [-0.15, -0.1) is 5.10 Å². The standard InChI is InChI=1S/C12H14ClN5O/c1-7(19)8-2-4-9(5-3-8)18-12-10(16-17-18)11(13)14-6-15-12/h6,8-9H,2-5H2,1H3. The summed E-state index contributed by atoms with van der Waals surface area (Å²) in [6.45, 7) is 1.67. The van der Waals surface area contributed by atoms with Gasteiger partial charge in [0.25, 0.3) is 0 Å². The predicted molar refractivity (Wildman–Crippen MR) is 69.8 cm³/mol. The largest absolute Gasteiger partial charge is 0.300 e. The molecule has 1 fully saturated rings. The maximum atomic E-state index is 11.4. The van der Waals surface area contributed by atoms with E-state index in [1.54, 1.807) is 6.92 Å². The Hall–Kier alpha value is -1.56. The summed E-state index contributed by atoms with van der Waals surface area (Å²) in [6, 6.07) is 0.242. The number of hydrogen-bond acceptors (Lipinski definition) is 5. The van der Waals surface area contributed by atoms with E-state index in [2.05, 4.69) is 20.3 Å². The molecule has 19 heavy (non-hydrogen) atoms. The second-order valence-corrected chi connectivity index (χ2v) is 5.34. The fourth-order valence-electron chi connectivity index (χ4n) is 2.71. The van der Waals surface area contributed by atoms with Crippen molar-refractivity contribution in [2.75, 3.05) is 0 Å². The molecular weight excluding hydrogens is 266 g/mol. The van der Waals surface area contributed by atoms with Crippen LogP contribution in [0.25, 0.3) is 11.2 Å². The first-order valence-corrected chi connectivity index (χ1v) is 6.76. The number of hydrogen-bond donors (Lipinski definition) is 0. The number of aromatic nitrogens is 5. The van der Waals surface area contributed by atoms with Crippen molar-refractivity contribution < 1.29 is 4.79 Å². The molecule has 6 nitrogen and oxygen atoms in total. The van der Waals surface area contributed by atoms with Crippen molar-refractivity contribution in [3.05, 3.63) is 11.5 Å². The van der Waals surface area contributed by atoms with Crippen molar-refractivity contribution in [2.45, 2.75) is 38.6 Å². The Morgan fingerprint density at radius 1 is 1.32 bits per heavy atom. The maximum Gasteiger partial charge on any atom is 0.183 e. The molecular formula is C12H14ClN5O. The van der Waals surface area contributed by atoms with E-state index in [1.165, 1.54) is 6.33 Å². The highest BCUT2D eigenvalue weighted by Gasteiger charge is 2.27. The zero-order valence-electron chi connectivity index (χ0n) is 10.6. The molecule has 3 rings (SSSR count). The van der Waals surface area contributed by atoms with Gasteiger partial charge in [-0.2, -0.15) is 0 Å². The number of rotatable bonds is 2. The molecule has 0 atom stereocenters. The van der Waals surface area contributed by atoms with Gasteiger partial charge in [0.15, 0.2) is 16.3 Å². The number of Topliss-reactive ketones (excluding diaryl/α,β-unsaturated/α-hetero) is 1. The predicted octanol–water partition coefficient (Wildman–Crippen LogP) is 2.20.